The number of hydrogen-bond acceptors (Lipinski definition) is 2. The number of aldehydes is 1. The van der Waals surface area contributed by atoms with Gasteiger partial charge in [0.15, 0.2) is 0 Å². The van der Waals surface area contributed by atoms with E-state index >= 15 is 0 Å². The van der Waals surface area contributed by atoms with Gasteiger partial charge in [0.05, 0.1) is 5.69 Å². The first-order valence-corrected chi connectivity index (χ1v) is 7.99. The predicted octanol–water partition coefficient (Wildman–Crippen LogP) is 4.54. The van der Waals surface area contributed by atoms with Crippen molar-refractivity contribution in [3.05, 3.63) is 95.6 Å². The molecule has 0 aliphatic rings. The zero-order chi connectivity index (χ0) is 17.2. The Morgan fingerprint density at radius 3 is 2.56 bits per heavy atom. The van der Waals surface area contributed by atoms with Gasteiger partial charge in [0.25, 0.3) is 0 Å². The molecule has 0 atom stereocenters. The average Bonchev–Trinajstić information content (AvgIpc) is 3.05. The fourth-order valence-corrected chi connectivity index (χ4v) is 2.92. The third-order valence-electron chi connectivity index (χ3n) is 4.17. The highest BCUT2D eigenvalue weighted by molar-refractivity contribution is 5.77. The van der Waals surface area contributed by atoms with E-state index < -0.39 is 5.82 Å². The van der Waals surface area contributed by atoms with Gasteiger partial charge in [-0.1, -0.05) is 42.5 Å². The van der Waals surface area contributed by atoms with Gasteiger partial charge in [0.2, 0.25) is 0 Å². The van der Waals surface area contributed by atoms with Gasteiger partial charge < -0.3 is 4.40 Å². The van der Waals surface area contributed by atoms with E-state index in [0.717, 1.165) is 17.6 Å². The van der Waals surface area contributed by atoms with Gasteiger partial charge in [-0.05, 0) is 35.7 Å². The van der Waals surface area contributed by atoms with Crippen molar-refractivity contribution in [2.45, 2.75) is 6.42 Å². The van der Waals surface area contributed by atoms with E-state index in [4.69, 9.17) is 0 Å². The minimum Gasteiger partial charge on any atom is -0.306 e. The van der Waals surface area contributed by atoms with E-state index in [2.05, 4.69) is 17.1 Å². The van der Waals surface area contributed by atoms with Gasteiger partial charge in [0, 0.05) is 23.5 Å². The molecule has 2 heterocycles. The smallest absolute Gasteiger partial charge is 0.150 e. The molecule has 122 valence electrons. The molecule has 0 aliphatic carbocycles. The van der Waals surface area contributed by atoms with Crippen molar-refractivity contribution in [3.63, 3.8) is 0 Å². The van der Waals surface area contributed by atoms with Crippen molar-refractivity contribution in [1.29, 1.82) is 0 Å². The van der Waals surface area contributed by atoms with E-state index in [0.29, 0.717) is 23.1 Å². The first-order chi connectivity index (χ1) is 12.2. The lowest BCUT2D eigenvalue weighted by Gasteiger charge is -2.02. The summed E-state index contributed by atoms with van der Waals surface area (Å²) in [4.78, 5) is 15.2. The van der Waals surface area contributed by atoms with E-state index in [1.165, 1.54) is 11.6 Å². The SMILES string of the molecule is O=Cc1ccc(-c2cn3cc(Cc4ccccc4)ccc3n2)c(F)c1. The van der Waals surface area contributed by atoms with Crippen LogP contribution < -0.4 is 0 Å². The monoisotopic (exact) mass is 330 g/mol. The fourth-order valence-electron chi connectivity index (χ4n) is 2.92. The normalized spacial score (nSPS) is 10.9. The predicted molar refractivity (Wildman–Crippen MR) is 95.2 cm³/mol. The molecule has 3 nitrogen and oxygen atoms in total. The average molecular weight is 330 g/mol. The number of fused-ring (bicyclic) bond motifs is 1. The Bertz CT molecular complexity index is 1050. The van der Waals surface area contributed by atoms with Gasteiger partial charge in [-0.25, -0.2) is 9.37 Å². The lowest BCUT2D eigenvalue weighted by Crippen LogP contribution is -1.91. The first kappa shape index (κ1) is 15.3. The highest BCUT2D eigenvalue weighted by atomic mass is 19.1. The highest BCUT2D eigenvalue weighted by Gasteiger charge is 2.10. The van der Waals surface area contributed by atoms with Crippen molar-refractivity contribution in [2.24, 2.45) is 0 Å². The second-order valence-electron chi connectivity index (χ2n) is 5.95. The third-order valence-corrected chi connectivity index (χ3v) is 4.17. The Morgan fingerprint density at radius 2 is 1.80 bits per heavy atom. The van der Waals surface area contributed by atoms with Gasteiger partial charge in [-0.2, -0.15) is 0 Å². The van der Waals surface area contributed by atoms with Crippen LogP contribution in [-0.2, 0) is 6.42 Å². The molecule has 0 aliphatic heterocycles. The van der Waals surface area contributed by atoms with Crippen LogP contribution in [0.1, 0.15) is 21.5 Å². The second kappa shape index (κ2) is 6.32. The molecule has 4 rings (SSSR count). The topological polar surface area (TPSA) is 34.4 Å². The van der Waals surface area contributed by atoms with Crippen LogP contribution in [0.2, 0.25) is 0 Å². The summed E-state index contributed by atoms with van der Waals surface area (Å²) in [5, 5.41) is 0. The Kier molecular flexibility index (Phi) is 3.86. The molecule has 2 aromatic carbocycles. The molecular weight excluding hydrogens is 315 g/mol. The summed E-state index contributed by atoms with van der Waals surface area (Å²) in [7, 11) is 0. The molecular formula is C21H15FN2O. The maximum atomic E-state index is 14.2. The number of carbonyl (C=O) groups excluding carboxylic acids is 1. The summed E-state index contributed by atoms with van der Waals surface area (Å²) in [5.41, 5.74) is 4.39. The van der Waals surface area contributed by atoms with Crippen LogP contribution >= 0.6 is 0 Å². The first-order valence-electron chi connectivity index (χ1n) is 7.99. The van der Waals surface area contributed by atoms with Crippen molar-refractivity contribution in [3.8, 4) is 11.3 Å². The van der Waals surface area contributed by atoms with Crippen LogP contribution in [0.4, 0.5) is 4.39 Å². The molecule has 0 unspecified atom stereocenters. The Hall–Kier alpha value is -3.27. The van der Waals surface area contributed by atoms with Crippen molar-refractivity contribution in [2.75, 3.05) is 0 Å². The van der Waals surface area contributed by atoms with E-state index in [1.807, 2.05) is 47.1 Å². The molecule has 0 saturated carbocycles. The van der Waals surface area contributed by atoms with Gasteiger partial charge in [-0.15, -0.1) is 0 Å². The van der Waals surface area contributed by atoms with Crippen molar-refractivity contribution >= 4 is 11.9 Å². The number of pyridine rings is 1. The summed E-state index contributed by atoms with van der Waals surface area (Å²) in [5.74, 6) is -0.447. The van der Waals surface area contributed by atoms with E-state index in [9.17, 15) is 9.18 Å². The molecule has 25 heavy (non-hydrogen) atoms. The molecule has 0 spiro atoms. The number of benzene rings is 2. The summed E-state index contributed by atoms with van der Waals surface area (Å²) in [6.07, 6.45) is 5.28. The fraction of sp³-hybridized carbons (Fsp3) is 0.0476. The summed E-state index contributed by atoms with van der Waals surface area (Å²) in [6.45, 7) is 0. The lowest BCUT2D eigenvalue weighted by atomic mass is 10.1. The highest BCUT2D eigenvalue weighted by Crippen LogP contribution is 2.23. The lowest BCUT2D eigenvalue weighted by molar-refractivity contribution is 0.112. The number of halogens is 1. The standard InChI is InChI=1S/C21H15FN2O/c22-19-11-17(14-25)6-8-18(19)20-13-24-12-16(7-9-21(24)23-20)10-15-4-2-1-3-5-15/h1-9,11-14H,10H2. The zero-order valence-corrected chi connectivity index (χ0v) is 13.4. The minimum atomic E-state index is -0.447. The molecule has 0 bridgehead atoms. The maximum Gasteiger partial charge on any atom is 0.150 e. The van der Waals surface area contributed by atoms with Crippen LogP contribution in [0.25, 0.3) is 16.9 Å². The third kappa shape index (κ3) is 3.06. The van der Waals surface area contributed by atoms with Crippen LogP contribution in [0.3, 0.4) is 0 Å². The van der Waals surface area contributed by atoms with Gasteiger partial charge >= 0.3 is 0 Å². The molecule has 2 aromatic heterocycles. The second-order valence-corrected chi connectivity index (χ2v) is 5.95. The molecule has 4 heteroatoms. The number of carbonyl (C=O) groups is 1. The molecule has 0 N–H and O–H groups in total. The number of hydrogen-bond donors (Lipinski definition) is 0. The summed E-state index contributed by atoms with van der Waals surface area (Å²) in [6, 6.07) is 18.6. The molecule has 4 aromatic rings. The summed E-state index contributed by atoms with van der Waals surface area (Å²) >= 11 is 0. The van der Waals surface area contributed by atoms with Crippen LogP contribution in [-0.4, -0.2) is 15.7 Å². The molecule has 0 amide bonds. The maximum absolute atomic E-state index is 14.2. The molecule has 0 saturated heterocycles. The Morgan fingerprint density at radius 1 is 0.960 bits per heavy atom. The number of aromatic nitrogens is 2. The van der Waals surface area contributed by atoms with Gasteiger partial charge in [-0.3, -0.25) is 4.79 Å². The largest absolute Gasteiger partial charge is 0.306 e. The van der Waals surface area contributed by atoms with E-state index in [-0.39, 0.29) is 0 Å². The number of rotatable bonds is 4. The Balaban J connectivity index is 1.70. The molecule has 0 fully saturated rings. The van der Waals surface area contributed by atoms with Crippen LogP contribution in [0.15, 0.2) is 73.1 Å². The quantitative estimate of drug-likeness (QED) is 0.515. The van der Waals surface area contributed by atoms with Gasteiger partial charge in [0.1, 0.15) is 17.8 Å². The molecule has 0 radical (unpaired) electrons. The van der Waals surface area contributed by atoms with E-state index in [1.54, 1.807) is 12.1 Å². The van der Waals surface area contributed by atoms with Crippen LogP contribution in [0.5, 0.6) is 0 Å². The minimum absolute atomic E-state index is 0.315. The summed E-state index contributed by atoms with van der Waals surface area (Å²) < 4.78 is 16.1. The number of nitrogens with zero attached hydrogens (tertiary/aromatic N) is 2. The van der Waals surface area contributed by atoms with Crippen molar-refractivity contribution < 1.29 is 9.18 Å². The van der Waals surface area contributed by atoms with Crippen LogP contribution in [0, 0.1) is 5.82 Å². The Labute approximate surface area is 144 Å². The zero-order valence-electron chi connectivity index (χ0n) is 13.4. The van der Waals surface area contributed by atoms with Crippen molar-refractivity contribution in [1.82, 2.24) is 9.38 Å². The number of imidazole rings is 1.